The normalized spacial score (nSPS) is 10.8. The summed E-state index contributed by atoms with van der Waals surface area (Å²) >= 11 is 1.46. The molecule has 0 aliphatic carbocycles. The molecule has 0 aliphatic rings. The number of halogens is 1. The Bertz CT molecular complexity index is 377. The minimum atomic E-state index is -1.08. The topological polar surface area (TPSA) is 37.3 Å². The van der Waals surface area contributed by atoms with Crippen LogP contribution in [-0.4, -0.2) is 16.8 Å². The summed E-state index contributed by atoms with van der Waals surface area (Å²) in [5, 5.41) is 8.92. The maximum absolute atomic E-state index is 12.9. The molecule has 0 heterocycles. The van der Waals surface area contributed by atoms with Gasteiger partial charge in [-0.2, -0.15) is 0 Å². The van der Waals surface area contributed by atoms with Crippen LogP contribution in [0.15, 0.2) is 23.1 Å². The third-order valence-electron chi connectivity index (χ3n) is 2.12. The Balaban J connectivity index is 2.75. The molecule has 4 heteroatoms. The lowest BCUT2D eigenvalue weighted by atomic mass is 10.2. The molecule has 0 fully saturated rings. The fraction of sp³-hybridized carbons (Fsp3) is 0.417. The highest BCUT2D eigenvalue weighted by molar-refractivity contribution is 7.99. The number of thioether (sulfide) groups is 1. The van der Waals surface area contributed by atoms with Gasteiger partial charge in [-0.15, -0.1) is 11.8 Å². The zero-order valence-electron chi connectivity index (χ0n) is 9.37. The van der Waals surface area contributed by atoms with Gasteiger partial charge in [-0.25, -0.2) is 9.18 Å². The third kappa shape index (κ3) is 3.85. The van der Waals surface area contributed by atoms with E-state index in [-0.39, 0.29) is 5.56 Å². The Hall–Kier alpha value is -1.03. The van der Waals surface area contributed by atoms with Crippen molar-refractivity contribution in [3.05, 3.63) is 29.6 Å². The lowest BCUT2D eigenvalue weighted by Gasteiger charge is -2.07. The summed E-state index contributed by atoms with van der Waals surface area (Å²) in [5.74, 6) is -0.151. The van der Waals surface area contributed by atoms with Crippen molar-refractivity contribution in [3.8, 4) is 0 Å². The molecule has 0 unspecified atom stereocenters. The summed E-state index contributed by atoms with van der Waals surface area (Å²) in [6, 6.07) is 3.90. The van der Waals surface area contributed by atoms with Gasteiger partial charge >= 0.3 is 5.97 Å². The molecule has 0 radical (unpaired) electrons. The first-order valence-electron chi connectivity index (χ1n) is 5.16. The van der Waals surface area contributed by atoms with Crippen molar-refractivity contribution in [1.82, 2.24) is 0 Å². The Morgan fingerprint density at radius 2 is 2.19 bits per heavy atom. The van der Waals surface area contributed by atoms with E-state index >= 15 is 0 Å². The standard InChI is InChI=1S/C12H15FO2S/c1-8(2)5-6-16-11-4-3-9(13)7-10(11)12(14)15/h3-4,7-8H,5-6H2,1-2H3,(H,14,15). The second-order valence-corrected chi connectivity index (χ2v) is 5.11. The van der Waals surface area contributed by atoms with Crippen LogP contribution in [-0.2, 0) is 0 Å². The SMILES string of the molecule is CC(C)CCSc1ccc(F)cc1C(=O)O. The zero-order chi connectivity index (χ0) is 12.1. The van der Waals surface area contributed by atoms with Gasteiger partial charge in [-0.3, -0.25) is 0 Å². The van der Waals surface area contributed by atoms with E-state index in [1.54, 1.807) is 0 Å². The quantitative estimate of drug-likeness (QED) is 0.800. The second-order valence-electron chi connectivity index (χ2n) is 3.98. The summed E-state index contributed by atoms with van der Waals surface area (Å²) in [7, 11) is 0. The maximum atomic E-state index is 12.9. The largest absolute Gasteiger partial charge is 0.478 e. The van der Waals surface area contributed by atoms with Crippen molar-refractivity contribution in [2.24, 2.45) is 5.92 Å². The Morgan fingerprint density at radius 3 is 2.75 bits per heavy atom. The van der Waals surface area contributed by atoms with E-state index < -0.39 is 11.8 Å². The predicted molar refractivity (Wildman–Crippen MR) is 63.5 cm³/mol. The van der Waals surface area contributed by atoms with Crippen LogP contribution in [0.25, 0.3) is 0 Å². The molecule has 0 bridgehead atoms. The number of hydrogen-bond acceptors (Lipinski definition) is 2. The van der Waals surface area contributed by atoms with E-state index in [0.717, 1.165) is 18.2 Å². The van der Waals surface area contributed by atoms with E-state index in [1.807, 2.05) is 0 Å². The molecule has 1 rings (SSSR count). The van der Waals surface area contributed by atoms with Crippen LogP contribution in [0.1, 0.15) is 30.6 Å². The summed E-state index contributed by atoms with van der Waals surface area (Å²) in [5.41, 5.74) is 0.0498. The van der Waals surface area contributed by atoms with Crippen LogP contribution in [0.2, 0.25) is 0 Å². The zero-order valence-corrected chi connectivity index (χ0v) is 10.2. The summed E-state index contributed by atoms with van der Waals surface area (Å²) in [6.45, 7) is 4.23. The summed E-state index contributed by atoms with van der Waals surface area (Å²) in [4.78, 5) is 11.5. The second kappa shape index (κ2) is 5.89. The van der Waals surface area contributed by atoms with Gasteiger partial charge < -0.3 is 5.11 Å². The summed E-state index contributed by atoms with van der Waals surface area (Å²) in [6.07, 6.45) is 1.01. The van der Waals surface area contributed by atoms with Crippen LogP contribution in [0.4, 0.5) is 4.39 Å². The summed E-state index contributed by atoms with van der Waals surface area (Å²) < 4.78 is 12.9. The number of hydrogen-bond donors (Lipinski definition) is 1. The van der Waals surface area contributed by atoms with Gasteiger partial charge in [0, 0.05) is 4.90 Å². The number of carboxylic acid groups (broad SMARTS) is 1. The molecule has 0 amide bonds. The lowest BCUT2D eigenvalue weighted by Crippen LogP contribution is -2.00. The molecule has 2 nitrogen and oxygen atoms in total. The van der Waals surface area contributed by atoms with E-state index in [9.17, 15) is 9.18 Å². The van der Waals surface area contributed by atoms with Crippen molar-refractivity contribution < 1.29 is 14.3 Å². The van der Waals surface area contributed by atoms with Crippen LogP contribution in [0.5, 0.6) is 0 Å². The molecule has 0 atom stereocenters. The molecule has 0 aromatic heterocycles. The molecule has 16 heavy (non-hydrogen) atoms. The molecule has 0 saturated heterocycles. The van der Waals surface area contributed by atoms with E-state index in [1.165, 1.54) is 23.9 Å². The average molecular weight is 242 g/mol. The first-order chi connectivity index (χ1) is 7.50. The Labute approximate surface area is 98.9 Å². The van der Waals surface area contributed by atoms with Crippen molar-refractivity contribution in [1.29, 1.82) is 0 Å². The van der Waals surface area contributed by atoms with Crippen molar-refractivity contribution in [3.63, 3.8) is 0 Å². The predicted octanol–water partition coefficient (Wildman–Crippen LogP) is 3.66. The van der Waals surface area contributed by atoms with Crippen LogP contribution in [0.3, 0.4) is 0 Å². The van der Waals surface area contributed by atoms with Crippen LogP contribution in [0, 0.1) is 11.7 Å². The van der Waals surface area contributed by atoms with Crippen LogP contribution < -0.4 is 0 Å². The Kier molecular flexibility index (Phi) is 4.80. The highest BCUT2D eigenvalue weighted by Crippen LogP contribution is 2.25. The molecule has 0 spiro atoms. The van der Waals surface area contributed by atoms with Crippen molar-refractivity contribution in [2.45, 2.75) is 25.2 Å². The number of aromatic carboxylic acids is 1. The van der Waals surface area contributed by atoms with Gasteiger partial charge in [0.1, 0.15) is 5.82 Å². The highest BCUT2D eigenvalue weighted by atomic mass is 32.2. The average Bonchev–Trinajstić information content (AvgIpc) is 2.19. The third-order valence-corrected chi connectivity index (χ3v) is 3.23. The number of benzene rings is 1. The fourth-order valence-electron chi connectivity index (χ4n) is 1.20. The van der Waals surface area contributed by atoms with E-state index in [2.05, 4.69) is 13.8 Å². The number of carboxylic acids is 1. The van der Waals surface area contributed by atoms with Gasteiger partial charge in [0.05, 0.1) is 5.56 Å². The lowest BCUT2D eigenvalue weighted by molar-refractivity contribution is 0.0692. The maximum Gasteiger partial charge on any atom is 0.336 e. The van der Waals surface area contributed by atoms with E-state index in [0.29, 0.717) is 10.8 Å². The van der Waals surface area contributed by atoms with Gasteiger partial charge in [0.25, 0.3) is 0 Å². The van der Waals surface area contributed by atoms with Gasteiger partial charge in [-0.05, 0) is 36.3 Å². The first-order valence-corrected chi connectivity index (χ1v) is 6.15. The van der Waals surface area contributed by atoms with Crippen LogP contribution >= 0.6 is 11.8 Å². The van der Waals surface area contributed by atoms with Crippen molar-refractivity contribution in [2.75, 3.05) is 5.75 Å². The molecule has 0 saturated carbocycles. The highest BCUT2D eigenvalue weighted by Gasteiger charge is 2.11. The van der Waals surface area contributed by atoms with Gasteiger partial charge in [0.15, 0.2) is 0 Å². The molecular formula is C12H15FO2S. The molecular weight excluding hydrogens is 227 g/mol. The molecule has 1 aromatic rings. The van der Waals surface area contributed by atoms with Gasteiger partial charge in [0.2, 0.25) is 0 Å². The number of rotatable bonds is 5. The number of carbonyl (C=O) groups is 1. The van der Waals surface area contributed by atoms with Crippen molar-refractivity contribution >= 4 is 17.7 Å². The van der Waals surface area contributed by atoms with E-state index in [4.69, 9.17) is 5.11 Å². The molecule has 0 aliphatic heterocycles. The Morgan fingerprint density at radius 1 is 1.50 bits per heavy atom. The monoisotopic (exact) mass is 242 g/mol. The molecule has 1 N–H and O–H groups in total. The fourth-order valence-corrected chi connectivity index (χ4v) is 2.47. The smallest absolute Gasteiger partial charge is 0.336 e. The minimum Gasteiger partial charge on any atom is -0.478 e. The molecule has 88 valence electrons. The minimum absolute atomic E-state index is 0.0498. The first kappa shape index (κ1) is 13.0. The van der Waals surface area contributed by atoms with Gasteiger partial charge in [-0.1, -0.05) is 13.8 Å². The molecule has 1 aromatic carbocycles.